The maximum Gasteiger partial charge on any atom is 0.224 e. The fraction of sp³-hybridized carbons (Fsp3) is 0.318. The second-order valence-electron chi connectivity index (χ2n) is 6.69. The lowest BCUT2D eigenvalue weighted by Crippen LogP contribution is -2.25. The third kappa shape index (κ3) is 4.57. The van der Waals surface area contributed by atoms with Gasteiger partial charge in [-0.2, -0.15) is 0 Å². The number of rotatable bonds is 7. The lowest BCUT2D eigenvalue weighted by molar-refractivity contribution is -0.117. The van der Waals surface area contributed by atoms with E-state index >= 15 is 0 Å². The summed E-state index contributed by atoms with van der Waals surface area (Å²) in [5.41, 5.74) is 3.19. The summed E-state index contributed by atoms with van der Waals surface area (Å²) in [5.74, 6) is 0.449. The van der Waals surface area contributed by atoms with E-state index < -0.39 is 0 Å². The quantitative estimate of drug-likeness (QED) is 0.745. The zero-order chi connectivity index (χ0) is 20.1. The molecule has 0 spiro atoms. The third-order valence-corrected chi connectivity index (χ3v) is 4.71. The molecule has 3 rings (SSSR count). The summed E-state index contributed by atoms with van der Waals surface area (Å²) in [5, 5.41) is 2.83. The molecule has 1 heterocycles. The van der Waals surface area contributed by atoms with Gasteiger partial charge in [0.1, 0.15) is 5.75 Å². The highest BCUT2D eigenvalue weighted by Crippen LogP contribution is 2.30. The number of Topliss-reactive ketones (excluding diaryl/α,β-unsaturated/α-hetero) is 1. The van der Waals surface area contributed by atoms with Gasteiger partial charge in [-0.1, -0.05) is 0 Å². The molecule has 0 saturated carbocycles. The van der Waals surface area contributed by atoms with Crippen LogP contribution in [0.3, 0.4) is 0 Å². The summed E-state index contributed by atoms with van der Waals surface area (Å²) in [6.07, 6.45) is 1.03. The Morgan fingerprint density at radius 3 is 2.50 bits per heavy atom. The van der Waals surface area contributed by atoms with Crippen molar-refractivity contribution in [1.82, 2.24) is 0 Å². The molecule has 0 atom stereocenters. The van der Waals surface area contributed by atoms with E-state index in [1.807, 2.05) is 19.1 Å². The van der Waals surface area contributed by atoms with Crippen molar-refractivity contribution in [3.8, 4) is 5.75 Å². The van der Waals surface area contributed by atoms with Gasteiger partial charge in [-0.15, -0.1) is 0 Å². The number of carbonyl (C=O) groups excluding carboxylic acids is 3. The summed E-state index contributed by atoms with van der Waals surface area (Å²) in [7, 11) is 0. The van der Waals surface area contributed by atoms with Gasteiger partial charge in [-0.05, 0) is 61.4 Å². The maximum absolute atomic E-state index is 12.3. The molecule has 2 amide bonds. The van der Waals surface area contributed by atoms with Crippen LogP contribution < -0.4 is 15.0 Å². The standard InChI is InChI=1S/C22H24N2O4/c1-3-28-19-7-4-16(5-8-19)21(26)10-11-22(27)23-18-6-9-20-17(14-18)12-13-24(20)15(2)25/h4-9,14H,3,10-13H2,1-2H3,(H,23,27). The van der Waals surface area contributed by atoms with E-state index in [1.54, 1.807) is 42.2 Å². The number of hydrogen-bond donors (Lipinski definition) is 1. The SMILES string of the molecule is CCOc1ccc(C(=O)CCC(=O)Nc2ccc3c(c2)CCN3C(C)=O)cc1. The summed E-state index contributed by atoms with van der Waals surface area (Å²) >= 11 is 0. The second kappa shape index (κ2) is 8.69. The van der Waals surface area contributed by atoms with E-state index in [9.17, 15) is 14.4 Å². The van der Waals surface area contributed by atoms with Gasteiger partial charge in [-0.3, -0.25) is 14.4 Å². The number of anilines is 2. The van der Waals surface area contributed by atoms with Crippen molar-refractivity contribution < 1.29 is 19.1 Å². The van der Waals surface area contributed by atoms with Crippen LogP contribution >= 0.6 is 0 Å². The normalized spacial score (nSPS) is 12.4. The highest BCUT2D eigenvalue weighted by Gasteiger charge is 2.22. The molecule has 2 aromatic carbocycles. The van der Waals surface area contributed by atoms with Crippen LogP contribution in [0.4, 0.5) is 11.4 Å². The Bertz CT molecular complexity index is 890. The van der Waals surface area contributed by atoms with Crippen molar-refractivity contribution in [2.24, 2.45) is 0 Å². The number of nitrogens with zero attached hydrogens (tertiary/aromatic N) is 1. The molecule has 0 fully saturated rings. The van der Waals surface area contributed by atoms with Crippen LogP contribution in [0.5, 0.6) is 5.75 Å². The number of nitrogens with one attached hydrogen (secondary N) is 1. The summed E-state index contributed by atoms with van der Waals surface area (Å²) in [4.78, 5) is 37.8. The molecule has 0 aliphatic carbocycles. The van der Waals surface area contributed by atoms with Crippen molar-refractivity contribution in [2.45, 2.75) is 33.1 Å². The Labute approximate surface area is 164 Å². The average Bonchev–Trinajstić information content (AvgIpc) is 3.10. The van der Waals surface area contributed by atoms with Gasteiger partial charge in [0, 0.05) is 43.2 Å². The van der Waals surface area contributed by atoms with E-state index in [2.05, 4.69) is 5.32 Å². The monoisotopic (exact) mass is 380 g/mol. The van der Waals surface area contributed by atoms with Gasteiger partial charge in [0.15, 0.2) is 5.78 Å². The highest BCUT2D eigenvalue weighted by molar-refractivity contribution is 6.00. The van der Waals surface area contributed by atoms with E-state index in [0.29, 0.717) is 24.4 Å². The molecular weight excluding hydrogens is 356 g/mol. The van der Waals surface area contributed by atoms with Crippen LogP contribution in [0.2, 0.25) is 0 Å². The van der Waals surface area contributed by atoms with Gasteiger partial charge in [0.25, 0.3) is 0 Å². The van der Waals surface area contributed by atoms with E-state index in [4.69, 9.17) is 4.74 Å². The minimum absolute atomic E-state index is 0.0170. The predicted octanol–water partition coefficient (Wildman–Crippen LogP) is 3.60. The van der Waals surface area contributed by atoms with E-state index in [-0.39, 0.29) is 30.4 Å². The Kier molecular flexibility index (Phi) is 6.09. The molecule has 0 saturated heterocycles. The molecule has 1 aliphatic heterocycles. The van der Waals surface area contributed by atoms with Gasteiger partial charge >= 0.3 is 0 Å². The molecular formula is C22H24N2O4. The zero-order valence-corrected chi connectivity index (χ0v) is 16.2. The number of carbonyl (C=O) groups is 3. The second-order valence-corrected chi connectivity index (χ2v) is 6.69. The summed E-state index contributed by atoms with van der Waals surface area (Å²) in [6, 6.07) is 12.5. The fourth-order valence-electron chi connectivity index (χ4n) is 3.31. The molecule has 28 heavy (non-hydrogen) atoms. The molecule has 6 nitrogen and oxygen atoms in total. The van der Waals surface area contributed by atoms with Crippen LogP contribution in [-0.2, 0) is 16.0 Å². The zero-order valence-electron chi connectivity index (χ0n) is 16.2. The number of benzene rings is 2. The van der Waals surface area contributed by atoms with Crippen molar-refractivity contribution in [2.75, 3.05) is 23.4 Å². The van der Waals surface area contributed by atoms with E-state index in [1.165, 1.54) is 0 Å². The van der Waals surface area contributed by atoms with Gasteiger partial charge in [0.2, 0.25) is 11.8 Å². The van der Waals surface area contributed by atoms with Gasteiger partial charge in [-0.25, -0.2) is 0 Å². The summed E-state index contributed by atoms with van der Waals surface area (Å²) in [6.45, 7) is 4.69. The molecule has 1 aliphatic rings. The van der Waals surface area contributed by atoms with Crippen molar-refractivity contribution >= 4 is 29.0 Å². The third-order valence-electron chi connectivity index (χ3n) is 4.71. The van der Waals surface area contributed by atoms with Crippen LogP contribution in [0.1, 0.15) is 42.6 Å². The molecule has 1 N–H and O–H groups in total. The van der Waals surface area contributed by atoms with Crippen molar-refractivity contribution in [1.29, 1.82) is 0 Å². The Balaban J connectivity index is 1.53. The molecule has 0 unspecified atom stereocenters. The first-order chi connectivity index (χ1) is 13.5. The largest absolute Gasteiger partial charge is 0.494 e. The highest BCUT2D eigenvalue weighted by atomic mass is 16.5. The average molecular weight is 380 g/mol. The molecule has 0 bridgehead atoms. The van der Waals surface area contributed by atoms with Crippen LogP contribution in [0.25, 0.3) is 0 Å². The molecule has 146 valence electrons. The molecule has 2 aromatic rings. The number of fused-ring (bicyclic) bond motifs is 1. The van der Waals surface area contributed by atoms with Gasteiger partial charge < -0.3 is 15.0 Å². The van der Waals surface area contributed by atoms with Crippen LogP contribution in [0.15, 0.2) is 42.5 Å². The number of hydrogen-bond acceptors (Lipinski definition) is 4. The number of ketones is 1. The van der Waals surface area contributed by atoms with Gasteiger partial charge in [0.05, 0.1) is 6.61 Å². The Hall–Kier alpha value is -3.15. The Morgan fingerprint density at radius 1 is 1.07 bits per heavy atom. The first-order valence-corrected chi connectivity index (χ1v) is 9.45. The molecule has 6 heteroatoms. The smallest absolute Gasteiger partial charge is 0.224 e. The number of ether oxygens (including phenoxy) is 1. The van der Waals surface area contributed by atoms with Crippen LogP contribution in [-0.4, -0.2) is 30.7 Å². The Morgan fingerprint density at radius 2 is 1.82 bits per heavy atom. The minimum atomic E-state index is -0.208. The van der Waals surface area contributed by atoms with Crippen molar-refractivity contribution in [3.05, 3.63) is 53.6 Å². The lowest BCUT2D eigenvalue weighted by Gasteiger charge is -2.15. The lowest BCUT2D eigenvalue weighted by atomic mass is 10.1. The molecule has 0 aromatic heterocycles. The van der Waals surface area contributed by atoms with Crippen LogP contribution in [0, 0.1) is 0 Å². The maximum atomic E-state index is 12.3. The fourth-order valence-corrected chi connectivity index (χ4v) is 3.31. The summed E-state index contributed by atoms with van der Waals surface area (Å²) < 4.78 is 5.36. The van der Waals surface area contributed by atoms with Crippen molar-refractivity contribution in [3.63, 3.8) is 0 Å². The topological polar surface area (TPSA) is 75.7 Å². The first kappa shape index (κ1) is 19.6. The first-order valence-electron chi connectivity index (χ1n) is 9.45. The minimum Gasteiger partial charge on any atom is -0.494 e. The molecule has 0 radical (unpaired) electrons. The predicted molar refractivity (Wildman–Crippen MR) is 108 cm³/mol. The van der Waals surface area contributed by atoms with E-state index in [0.717, 1.165) is 23.4 Å². The number of amides is 2.